The third-order valence-corrected chi connectivity index (χ3v) is 5.42. The zero-order chi connectivity index (χ0) is 20.4. The summed E-state index contributed by atoms with van der Waals surface area (Å²) in [6.45, 7) is 3.82. The number of carbonyl (C=O) groups is 2. The van der Waals surface area contributed by atoms with E-state index in [1.165, 1.54) is 26.2 Å². The topological polar surface area (TPSA) is 119 Å². The van der Waals surface area contributed by atoms with E-state index >= 15 is 0 Å². The highest BCUT2D eigenvalue weighted by molar-refractivity contribution is 7.91. The second-order valence-electron chi connectivity index (χ2n) is 5.60. The molecule has 0 fully saturated rings. The highest BCUT2D eigenvalue weighted by atomic mass is 32.2. The molecule has 27 heavy (non-hydrogen) atoms. The van der Waals surface area contributed by atoms with Crippen LogP contribution in [0.1, 0.15) is 25.8 Å². The van der Waals surface area contributed by atoms with Crippen molar-refractivity contribution in [3.05, 3.63) is 29.8 Å². The van der Waals surface area contributed by atoms with Crippen molar-refractivity contribution in [2.75, 3.05) is 25.2 Å². The third kappa shape index (κ3) is 7.69. The molecule has 0 bridgehead atoms. The highest BCUT2D eigenvalue weighted by Crippen LogP contribution is 2.28. The Hall–Kier alpha value is -2.55. The van der Waals surface area contributed by atoms with Crippen LogP contribution in [0.4, 0.5) is 0 Å². The van der Waals surface area contributed by atoms with Crippen LogP contribution in [0.15, 0.2) is 24.3 Å². The van der Waals surface area contributed by atoms with Gasteiger partial charge in [0, 0.05) is 11.8 Å². The van der Waals surface area contributed by atoms with E-state index in [1.54, 1.807) is 18.2 Å². The van der Waals surface area contributed by atoms with Crippen molar-refractivity contribution in [1.82, 2.24) is 5.32 Å². The monoisotopic (exact) mass is 399 g/mol. The van der Waals surface area contributed by atoms with Gasteiger partial charge >= 0.3 is 5.97 Å². The first-order chi connectivity index (χ1) is 12.7. The van der Waals surface area contributed by atoms with Crippen LogP contribution < -0.4 is 14.8 Å². The quantitative estimate of drug-likeness (QED) is 0.541. The van der Waals surface area contributed by atoms with Gasteiger partial charge in [0.15, 0.2) is 11.5 Å². The van der Waals surface area contributed by atoms with Crippen molar-refractivity contribution in [2.24, 2.45) is 0 Å². The summed E-state index contributed by atoms with van der Waals surface area (Å²) in [6.07, 6.45) is 2.48. The van der Waals surface area contributed by atoms with E-state index in [2.05, 4.69) is 5.32 Å². The maximum Gasteiger partial charge on any atom is 0.326 e. The molecule has 150 valence electrons. The molecule has 0 heterocycles. The Morgan fingerprint density at radius 1 is 1.26 bits per heavy atom. The first-order valence-corrected chi connectivity index (χ1v) is 10.3. The lowest BCUT2D eigenvalue weighted by atomic mass is 10.1. The molecule has 0 aliphatic heterocycles. The lowest BCUT2D eigenvalue weighted by Gasteiger charge is -2.13. The second-order valence-corrected chi connectivity index (χ2v) is 8.07. The summed E-state index contributed by atoms with van der Waals surface area (Å²) in [5.41, 5.74) is 0.658. The number of ether oxygens (including phenoxy) is 2. The van der Waals surface area contributed by atoms with E-state index in [0.717, 1.165) is 0 Å². The van der Waals surface area contributed by atoms with Gasteiger partial charge in [-0.05, 0) is 37.1 Å². The summed E-state index contributed by atoms with van der Waals surface area (Å²) >= 11 is 0. The zero-order valence-corrected chi connectivity index (χ0v) is 16.4. The van der Waals surface area contributed by atoms with Crippen LogP contribution >= 0.6 is 0 Å². The van der Waals surface area contributed by atoms with Gasteiger partial charge in [-0.2, -0.15) is 0 Å². The summed E-state index contributed by atoms with van der Waals surface area (Å²) < 4.78 is 33.7. The molecule has 0 spiro atoms. The molecule has 9 heteroatoms. The molecule has 1 rings (SSSR count). The predicted octanol–water partition coefficient (Wildman–Crippen LogP) is 1.50. The van der Waals surface area contributed by atoms with Crippen molar-refractivity contribution in [3.8, 4) is 11.5 Å². The summed E-state index contributed by atoms with van der Waals surface area (Å²) in [4.78, 5) is 23.2. The smallest absolute Gasteiger partial charge is 0.326 e. The van der Waals surface area contributed by atoms with Crippen LogP contribution in [0.2, 0.25) is 0 Å². The van der Waals surface area contributed by atoms with Gasteiger partial charge in [-0.1, -0.05) is 13.0 Å². The normalized spacial score (nSPS) is 12.6. The van der Waals surface area contributed by atoms with E-state index < -0.39 is 27.8 Å². The van der Waals surface area contributed by atoms with E-state index in [4.69, 9.17) is 14.6 Å². The number of aliphatic carboxylic acids is 1. The maximum atomic E-state index is 12.0. The van der Waals surface area contributed by atoms with Crippen molar-refractivity contribution < 1.29 is 32.6 Å². The maximum absolute atomic E-state index is 12.0. The molecule has 8 nitrogen and oxygen atoms in total. The highest BCUT2D eigenvalue weighted by Gasteiger charge is 2.21. The largest absolute Gasteiger partial charge is 0.493 e. The second kappa shape index (κ2) is 10.6. The molecule has 0 saturated heterocycles. The number of amides is 1. The number of sulfone groups is 1. The fraction of sp³-hybridized carbons (Fsp3) is 0.444. The van der Waals surface area contributed by atoms with Gasteiger partial charge in [-0.3, -0.25) is 4.79 Å². The number of hydrogen-bond acceptors (Lipinski definition) is 6. The average Bonchev–Trinajstić information content (AvgIpc) is 2.64. The molecule has 1 aromatic carbocycles. The summed E-state index contributed by atoms with van der Waals surface area (Å²) in [6, 6.07) is 3.82. The summed E-state index contributed by atoms with van der Waals surface area (Å²) in [5, 5.41) is 11.5. The Morgan fingerprint density at radius 3 is 2.52 bits per heavy atom. The first-order valence-electron chi connectivity index (χ1n) is 8.45. The Morgan fingerprint density at radius 2 is 1.96 bits per heavy atom. The fourth-order valence-corrected chi connectivity index (χ4v) is 3.04. The summed E-state index contributed by atoms with van der Waals surface area (Å²) in [5.74, 6) is -1.22. The minimum absolute atomic E-state index is 0.0766. The fourth-order valence-electron chi connectivity index (χ4n) is 2.15. The third-order valence-electron chi connectivity index (χ3n) is 3.69. The number of benzene rings is 1. The number of carboxylic acid groups (broad SMARTS) is 1. The van der Waals surface area contributed by atoms with Gasteiger partial charge in [0.2, 0.25) is 5.91 Å². The number of rotatable bonds is 11. The van der Waals surface area contributed by atoms with Gasteiger partial charge in [0.05, 0.1) is 19.5 Å². The van der Waals surface area contributed by atoms with Gasteiger partial charge in [-0.25, -0.2) is 13.2 Å². The molecule has 1 atom stereocenters. The number of nitrogens with one attached hydrogen (secondary N) is 1. The lowest BCUT2D eigenvalue weighted by Crippen LogP contribution is -2.41. The SMILES string of the molecule is CCOc1ccc(/C=C/C(=O)NC(CCS(=O)(=O)CC)C(=O)O)cc1OC. The van der Waals surface area contributed by atoms with Gasteiger partial charge in [0.1, 0.15) is 15.9 Å². The Bertz CT molecular complexity index is 787. The van der Waals surface area contributed by atoms with Crippen molar-refractivity contribution in [1.29, 1.82) is 0 Å². The van der Waals surface area contributed by atoms with E-state index in [1.807, 2.05) is 6.92 Å². The zero-order valence-electron chi connectivity index (χ0n) is 15.6. The Labute approximate surface area is 159 Å². The van der Waals surface area contributed by atoms with Gasteiger partial charge in [-0.15, -0.1) is 0 Å². The standard InChI is InChI=1S/C18H25NO7S/c1-4-26-15-8-6-13(12-16(15)25-3)7-9-17(20)19-14(18(21)22)10-11-27(23,24)5-2/h6-9,12,14H,4-5,10-11H2,1-3H3,(H,19,20)(H,21,22)/b9-7+. The van der Waals surface area contributed by atoms with Crippen LogP contribution in [-0.2, 0) is 19.4 Å². The predicted molar refractivity (Wildman–Crippen MR) is 102 cm³/mol. The Kier molecular flexibility index (Phi) is 8.80. The molecule has 0 radical (unpaired) electrons. The Balaban J connectivity index is 2.77. The molecule has 2 N–H and O–H groups in total. The number of carboxylic acids is 1. The molecule has 1 aromatic rings. The molecular weight excluding hydrogens is 374 g/mol. The molecule has 1 amide bonds. The van der Waals surface area contributed by atoms with E-state index in [9.17, 15) is 18.0 Å². The van der Waals surface area contributed by atoms with Crippen LogP contribution in [0.3, 0.4) is 0 Å². The molecule has 0 aliphatic carbocycles. The lowest BCUT2D eigenvalue weighted by molar-refractivity contribution is -0.141. The van der Waals surface area contributed by atoms with Crippen molar-refractivity contribution in [3.63, 3.8) is 0 Å². The summed E-state index contributed by atoms with van der Waals surface area (Å²) in [7, 11) is -1.81. The van der Waals surface area contributed by atoms with Crippen LogP contribution in [0, 0.1) is 0 Å². The number of methoxy groups -OCH3 is 1. The molecule has 0 saturated carbocycles. The van der Waals surface area contributed by atoms with Crippen molar-refractivity contribution in [2.45, 2.75) is 26.3 Å². The molecular formula is C18H25NO7S. The number of carbonyl (C=O) groups excluding carboxylic acids is 1. The van der Waals surface area contributed by atoms with Gasteiger partial charge in [0.25, 0.3) is 0 Å². The van der Waals surface area contributed by atoms with Crippen LogP contribution in [0.25, 0.3) is 6.08 Å². The van der Waals surface area contributed by atoms with Crippen LogP contribution in [0.5, 0.6) is 11.5 Å². The average molecular weight is 399 g/mol. The van der Waals surface area contributed by atoms with Crippen molar-refractivity contribution >= 4 is 27.8 Å². The molecule has 0 aromatic heterocycles. The molecule has 0 aliphatic rings. The van der Waals surface area contributed by atoms with E-state index in [0.29, 0.717) is 23.7 Å². The first kappa shape index (κ1) is 22.5. The minimum Gasteiger partial charge on any atom is -0.493 e. The molecule has 1 unspecified atom stereocenters. The minimum atomic E-state index is -3.31. The van der Waals surface area contributed by atoms with E-state index in [-0.39, 0.29) is 17.9 Å². The van der Waals surface area contributed by atoms with Crippen LogP contribution in [-0.4, -0.2) is 56.7 Å². The van der Waals surface area contributed by atoms with Gasteiger partial charge < -0.3 is 19.9 Å². The number of hydrogen-bond donors (Lipinski definition) is 2.